The molecule has 2 aliphatic heterocycles. The molecule has 0 bridgehead atoms. The lowest BCUT2D eigenvalue weighted by atomic mass is 9.90. The molecule has 0 aromatic heterocycles. The number of carboxylic acids is 1. The molecule has 0 aromatic rings. The number of terminal acetylenes is 1. The van der Waals surface area contributed by atoms with Crippen molar-refractivity contribution >= 4 is 12.0 Å². The third-order valence-electron chi connectivity index (χ3n) is 4.07. The average Bonchev–Trinajstić information content (AvgIpc) is 3.05. The van der Waals surface area contributed by atoms with Crippen molar-refractivity contribution in [3.63, 3.8) is 0 Å². The highest BCUT2D eigenvalue weighted by molar-refractivity contribution is 5.79. The fraction of sp³-hybridized carbons (Fsp3) is 0.714. The predicted octanol–water partition coefficient (Wildman–Crippen LogP) is 0.673. The molecular weight excluding hydrogens is 260 g/mol. The number of hydrogen-bond acceptors (Lipinski definition) is 3. The minimum atomic E-state index is -0.875. The zero-order chi connectivity index (χ0) is 14.8. The van der Waals surface area contributed by atoms with Crippen LogP contribution in [0.5, 0.6) is 0 Å². The number of carbonyl (C=O) groups excluding carboxylic acids is 1. The Bertz CT molecular complexity index is 439. The zero-order valence-electron chi connectivity index (χ0n) is 11.6. The highest BCUT2D eigenvalue weighted by atomic mass is 16.5. The Labute approximate surface area is 118 Å². The van der Waals surface area contributed by atoms with Gasteiger partial charge in [-0.2, -0.15) is 0 Å². The van der Waals surface area contributed by atoms with Crippen LogP contribution in [0.1, 0.15) is 26.2 Å². The first kappa shape index (κ1) is 14.7. The Morgan fingerprint density at radius 3 is 2.85 bits per heavy atom. The van der Waals surface area contributed by atoms with Gasteiger partial charge in [0.25, 0.3) is 0 Å². The van der Waals surface area contributed by atoms with Gasteiger partial charge in [-0.3, -0.25) is 4.79 Å². The lowest BCUT2D eigenvalue weighted by Crippen LogP contribution is -2.48. The van der Waals surface area contributed by atoms with Gasteiger partial charge in [-0.1, -0.05) is 5.92 Å². The Balaban J connectivity index is 1.92. The number of hydrogen-bond donors (Lipinski definition) is 2. The van der Waals surface area contributed by atoms with E-state index in [0.29, 0.717) is 19.6 Å². The summed E-state index contributed by atoms with van der Waals surface area (Å²) in [7, 11) is 0. The van der Waals surface area contributed by atoms with Gasteiger partial charge in [0.05, 0.1) is 11.5 Å². The van der Waals surface area contributed by atoms with Gasteiger partial charge in [0, 0.05) is 19.7 Å². The second kappa shape index (κ2) is 5.71. The number of nitrogens with one attached hydrogen (secondary N) is 1. The number of likely N-dealkylation sites (tertiary alicyclic amines) is 1. The Morgan fingerprint density at radius 1 is 1.60 bits per heavy atom. The van der Waals surface area contributed by atoms with Gasteiger partial charge < -0.3 is 20.1 Å². The van der Waals surface area contributed by atoms with E-state index in [1.807, 2.05) is 0 Å². The van der Waals surface area contributed by atoms with Crippen LogP contribution >= 0.6 is 0 Å². The number of ether oxygens (including phenoxy) is 1. The highest BCUT2D eigenvalue weighted by Gasteiger charge is 2.42. The summed E-state index contributed by atoms with van der Waals surface area (Å²) < 4.78 is 5.48. The molecular formula is C14H20N2O4. The van der Waals surface area contributed by atoms with Crippen molar-refractivity contribution in [1.29, 1.82) is 0 Å². The monoisotopic (exact) mass is 280 g/mol. The molecule has 2 amide bonds. The van der Waals surface area contributed by atoms with Gasteiger partial charge in [-0.25, -0.2) is 4.79 Å². The molecule has 6 nitrogen and oxygen atoms in total. The van der Waals surface area contributed by atoms with Crippen molar-refractivity contribution < 1.29 is 19.4 Å². The third kappa shape index (κ3) is 2.88. The summed E-state index contributed by atoms with van der Waals surface area (Å²) in [6.45, 7) is 2.95. The lowest BCUT2D eigenvalue weighted by Gasteiger charge is -2.24. The van der Waals surface area contributed by atoms with Crippen LogP contribution in [0.15, 0.2) is 0 Å². The fourth-order valence-electron chi connectivity index (χ4n) is 2.64. The second-order valence-electron chi connectivity index (χ2n) is 5.68. The van der Waals surface area contributed by atoms with Gasteiger partial charge in [0.2, 0.25) is 0 Å². The summed E-state index contributed by atoms with van der Waals surface area (Å²) in [5.74, 6) is 1.67. The van der Waals surface area contributed by atoms with Crippen LogP contribution in [0.3, 0.4) is 0 Å². The second-order valence-corrected chi connectivity index (χ2v) is 5.68. The molecule has 2 saturated heterocycles. The van der Waals surface area contributed by atoms with E-state index in [0.717, 1.165) is 12.8 Å². The molecule has 2 fully saturated rings. The molecule has 0 radical (unpaired) electrons. The smallest absolute Gasteiger partial charge is 0.318 e. The van der Waals surface area contributed by atoms with Crippen LogP contribution < -0.4 is 5.32 Å². The number of amides is 2. The molecule has 0 aromatic carbocycles. The quantitative estimate of drug-likeness (QED) is 0.745. The van der Waals surface area contributed by atoms with Crippen LogP contribution in [0.2, 0.25) is 0 Å². The first-order chi connectivity index (χ1) is 9.46. The molecule has 6 heteroatoms. The summed E-state index contributed by atoms with van der Waals surface area (Å²) in [5.41, 5.74) is -0.868. The molecule has 110 valence electrons. The number of carbonyl (C=O) groups is 2. The maximum atomic E-state index is 12.2. The minimum Gasteiger partial charge on any atom is -0.481 e. The van der Waals surface area contributed by atoms with Crippen molar-refractivity contribution in [3.8, 4) is 12.3 Å². The zero-order valence-corrected chi connectivity index (χ0v) is 11.6. The lowest BCUT2D eigenvalue weighted by molar-refractivity contribution is -0.147. The van der Waals surface area contributed by atoms with Crippen molar-refractivity contribution in [2.24, 2.45) is 5.41 Å². The van der Waals surface area contributed by atoms with E-state index in [2.05, 4.69) is 11.2 Å². The number of urea groups is 1. The van der Waals surface area contributed by atoms with Gasteiger partial charge >= 0.3 is 12.0 Å². The summed E-state index contributed by atoms with van der Waals surface area (Å²) in [4.78, 5) is 24.8. The van der Waals surface area contributed by atoms with E-state index in [9.17, 15) is 9.59 Å². The number of aliphatic carboxylic acids is 1. The number of nitrogens with zero attached hydrogens (tertiary/aromatic N) is 1. The van der Waals surface area contributed by atoms with E-state index in [1.54, 1.807) is 6.92 Å². The van der Waals surface area contributed by atoms with Gasteiger partial charge in [0.15, 0.2) is 0 Å². The average molecular weight is 280 g/mol. The molecule has 2 rings (SSSR count). The van der Waals surface area contributed by atoms with Crippen molar-refractivity contribution in [1.82, 2.24) is 10.2 Å². The summed E-state index contributed by atoms with van der Waals surface area (Å²) in [6.07, 6.45) is 7.54. The van der Waals surface area contributed by atoms with Crippen molar-refractivity contribution in [2.45, 2.75) is 38.3 Å². The minimum absolute atomic E-state index is 0.141. The predicted molar refractivity (Wildman–Crippen MR) is 72.1 cm³/mol. The standard InChI is InChI=1S/C14H20N2O4/c1-3-10(11-5-4-8-20-11)15-13(19)16-7-6-14(2,9-16)12(17)18/h1,10-11H,4-9H2,2H3,(H,15,19)(H,17,18). The van der Waals surface area contributed by atoms with Crippen LogP contribution in [0.25, 0.3) is 0 Å². The fourth-order valence-corrected chi connectivity index (χ4v) is 2.64. The third-order valence-corrected chi connectivity index (χ3v) is 4.07. The Morgan fingerprint density at radius 2 is 2.35 bits per heavy atom. The van der Waals surface area contributed by atoms with Crippen LogP contribution in [0.4, 0.5) is 4.79 Å². The van der Waals surface area contributed by atoms with E-state index >= 15 is 0 Å². The first-order valence-corrected chi connectivity index (χ1v) is 6.83. The molecule has 0 spiro atoms. The molecule has 2 N–H and O–H groups in total. The van der Waals surface area contributed by atoms with E-state index in [1.165, 1.54) is 4.90 Å². The summed E-state index contributed by atoms with van der Waals surface area (Å²) in [6, 6.07) is -0.768. The summed E-state index contributed by atoms with van der Waals surface area (Å²) in [5, 5.41) is 11.9. The SMILES string of the molecule is C#CC(NC(=O)N1CCC(C)(C(=O)O)C1)C1CCCO1. The summed E-state index contributed by atoms with van der Waals surface area (Å²) >= 11 is 0. The molecule has 3 atom stereocenters. The van der Waals surface area contributed by atoms with E-state index < -0.39 is 17.4 Å². The highest BCUT2D eigenvalue weighted by Crippen LogP contribution is 2.30. The van der Waals surface area contributed by atoms with Gasteiger partial charge in [-0.05, 0) is 26.2 Å². The molecule has 2 aliphatic rings. The molecule has 3 unspecified atom stereocenters. The molecule has 0 aliphatic carbocycles. The van der Waals surface area contributed by atoms with Crippen molar-refractivity contribution in [2.75, 3.05) is 19.7 Å². The number of rotatable bonds is 3. The Kier molecular flexibility index (Phi) is 4.19. The maximum Gasteiger partial charge on any atom is 0.318 e. The first-order valence-electron chi connectivity index (χ1n) is 6.83. The van der Waals surface area contributed by atoms with Crippen LogP contribution in [0, 0.1) is 17.8 Å². The largest absolute Gasteiger partial charge is 0.481 e. The van der Waals surface area contributed by atoms with Crippen LogP contribution in [-0.4, -0.2) is 53.8 Å². The molecule has 2 heterocycles. The molecule has 20 heavy (non-hydrogen) atoms. The normalized spacial score (nSPS) is 30.8. The van der Waals surface area contributed by atoms with Gasteiger partial charge in [0.1, 0.15) is 6.04 Å². The van der Waals surface area contributed by atoms with E-state index in [4.69, 9.17) is 16.3 Å². The van der Waals surface area contributed by atoms with Crippen molar-refractivity contribution in [3.05, 3.63) is 0 Å². The maximum absolute atomic E-state index is 12.2. The molecule has 0 saturated carbocycles. The topological polar surface area (TPSA) is 78.9 Å². The van der Waals surface area contributed by atoms with Crippen LogP contribution in [-0.2, 0) is 9.53 Å². The number of carboxylic acid groups (broad SMARTS) is 1. The Hall–Kier alpha value is -1.74. The van der Waals surface area contributed by atoms with Gasteiger partial charge in [-0.15, -0.1) is 6.42 Å². The van der Waals surface area contributed by atoms with E-state index in [-0.39, 0.29) is 18.7 Å².